The van der Waals surface area contributed by atoms with Crippen LogP contribution in [-0.2, 0) is 21.9 Å². The molecular weight excluding hydrogens is 328 g/mol. The predicted molar refractivity (Wildman–Crippen MR) is 73.8 cm³/mol. The van der Waals surface area contributed by atoms with Gasteiger partial charge >= 0.3 is 35.0 Å². The molecule has 0 radical (unpaired) electrons. The smallest absolute Gasteiger partial charge is 0.478 e. The van der Waals surface area contributed by atoms with Crippen molar-refractivity contribution in [3.63, 3.8) is 0 Å². The van der Waals surface area contributed by atoms with Crippen LogP contribution in [0.3, 0.4) is 0 Å². The van der Waals surface area contributed by atoms with Crippen LogP contribution in [0.1, 0.15) is 34.6 Å². The molecule has 0 fully saturated rings. The fraction of sp³-hybridized carbons (Fsp3) is 0.143. The Bertz CT molecular complexity index is 437. The maximum Gasteiger partial charge on any atom is 1.00 e. The first-order valence-electron chi connectivity index (χ1n) is 5.46. The zero-order valence-electron chi connectivity index (χ0n) is 11.5. The molecule has 0 atom stereocenters. The van der Waals surface area contributed by atoms with Crippen LogP contribution < -0.4 is 0 Å². The molecule has 21 heavy (non-hydrogen) atoms. The number of carbonyl (C=O) groups is 3. The molecule has 0 heterocycles. The number of carboxylic acids is 3. The van der Waals surface area contributed by atoms with Crippen molar-refractivity contribution in [3.05, 3.63) is 54.5 Å². The van der Waals surface area contributed by atoms with Gasteiger partial charge in [-0.2, -0.15) is 13.8 Å². The van der Waals surface area contributed by atoms with Gasteiger partial charge < -0.3 is 21.7 Å². The van der Waals surface area contributed by atoms with Gasteiger partial charge in [-0.15, -0.1) is 0 Å². The van der Waals surface area contributed by atoms with Crippen molar-refractivity contribution in [2.45, 2.75) is 13.8 Å². The molecule has 0 spiro atoms. The molecule has 0 aromatic heterocycles. The Morgan fingerprint density at radius 3 is 1.38 bits per heavy atom. The molecule has 0 aliphatic carbocycles. The molecule has 0 bridgehead atoms. The van der Waals surface area contributed by atoms with Crippen LogP contribution in [0, 0.1) is 6.42 Å². The van der Waals surface area contributed by atoms with Gasteiger partial charge in [0, 0.05) is 6.08 Å². The van der Waals surface area contributed by atoms with E-state index < -0.39 is 17.9 Å². The number of rotatable bonds is 3. The minimum atomic E-state index is -1.23. The Balaban J connectivity index is -0.000000305. The maximum absolute atomic E-state index is 10.5. The molecule has 0 saturated heterocycles. The molecule has 1 aromatic carbocycles. The molecule has 0 aliphatic heterocycles. The van der Waals surface area contributed by atoms with Gasteiger partial charge in [0.05, 0.1) is 11.1 Å². The summed E-state index contributed by atoms with van der Waals surface area (Å²) < 4.78 is 0. The van der Waals surface area contributed by atoms with Crippen molar-refractivity contribution in [1.82, 2.24) is 0 Å². The first-order valence-corrected chi connectivity index (χ1v) is 5.46. The molecule has 0 aliphatic rings. The van der Waals surface area contributed by atoms with E-state index in [2.05, 4.69) is 6.58 Å². The van der Waals surface area contributed by atoms with Crippen LogP contribution in [0.25, 0.3) is 0 Å². The van der Waals surface area contributed by atoms with Crippen LogP contribution in [0.2, 0.25) is 0 Å². The summed E-state index contributed by atoms with van der Waals surface area (Å²) in [4.78, 5) is 30.2. The standard InChI is InChI=1S/C8H6O4.C3H4O2.C3H7.Cu/c9-7(10)5-3-1-2-4-6(5)8(11)12;1-2-3(4)5;1-3-2;/h1-4H,(H,9,10)(H,11,12);2H,1H2,(H,4,5);3H,1-2H3;/q;;-1;+1. The summed E-state index contributed by atoms with van der Waals surface area (Å²) in [6.45, 7) is 6.96. The van der Waals surface area contributed by atoms with Gasteiger partial charge in [0.1, 0.15) is 0 Å². The second-order valence-electron chi connectivity index (χ2n) is 3.28. The molecule has 0 amide bonds. The molecule has 1 rings (SSSR count). The Kier molecular flexibility index (Phi) is 16.3. The third-order valence-corrected chi connectivity index (χ3v) is 1.56. The fourth-order valence-electron chi connectivity index (χ4n) is 0.856. The number of hydrogen-bond acceptors (Lipinski definition) is 3. The van der Waals surface area contributed by atoms with Gasteiger partial charge in [-0.25, -0.2) is 14.4 Å². The zero-order chi connectivity index (χ0) is 16.1. The van der Waals surface area contributed by atoms with Crippen molar-refractivity contribution in [2.24, 2.45) is 0 Å². The molecule has 3 N–H and O–H groups in total. The van der Waals surface area contributed by atoms with E-state index in [-0.39, 0.29) is 28.2 Å². The predicted octanol–water partition coefficient (Wildman–Crippen LogP) is 2.57. The molecule has 0 saturated carbocycles. The van der Waals surface area contributed by atoms with Gasteiger partial charge in [-0.1, -0.05) is 18.7 Å². The van der Waals surface area contributed by atoms with Gasteiger partial charge in [-0.05, 0) is 12.1 Å². The number of hydrogen-bond donors (Lipinski definition) is 3. The van der Waals surface area contributed by atoms with Crippen LogP contribution in [0.15, 0.2) is 36.9 Å². The van der Waals surface area contributed by atoms with E-state index in [1.165, 1.54) is 24.3 Å². The summed E-state index contributed by atoms with van der Waals surface area (Å²) in [6, 6.07) is 5.48. The van der Waals surface area contributed by atoms with Gasteiger partial charge in [0.15, 0.2) is 0 Å². The Labute approximate surface area is 133 Å². The molecule has 0 unspecified atom stereocenters. The monoisotopic (exact) mass is 344 g/mol. The van der Waals surface area contributed by atoms with Crippen molar-refractivity contribution in [3.8, 4) is 0 Å². The number of benzene rings is 1. The Morgan fingerprint density at radius 1 is 1.00 bits per heavy atom. The van der Waals surface area contributed by atoms with Crippen molar-refractivity contribution in [1.29, 1.82) is 0 Å². The van der Waals surface area contributed by atoms with E-state index in [0.29, 0.717) is 0 Å². The number of aliphatic carboxylic acids is 1. The number of carboxylic acid groups (broad SMARTS) is 3. The van der Waals surface area contributed by atoms with Crippen molar-refractivity contribution in [2.75, 3.05) is 0 Å². The van der Waals surface area contributed by atoms with Gasteiger partial charge in [0.25, 0.3) is 0 Å². The minimum Gasteiger partial charge on any atom is -0.478 e. The summed E-state index contributed by atoms with van der Waals surface area (Å²) >= 11 is 0. The second-order valence-corrected chi connectivity index (χ2v) is 3.28. The largest absolute Gasteiger partial charge is 1.00 e. The summed E-state index contributed by atoms with van der Waals surface area (Å²) in [5.74, 6) is -3.44. The summed E-state index contributed by atoms with van der Waals surface area (Å²) in [5.41, 5.74) is -0.380. The van der Waals surface area contributed by atoms with E-state index in [4.69, 9.17) is 15.3 Å². The maximum atomic E-state index is 10.5. The summed E-state index contributed by atoms with van der Waals surface area (Å²) in [5, 5.41) is 24.7. The van der Waals surface area contributed by atoms with Crippen LogP contribution in [0.5, 0.6) is 0 Å². The van der Waals surface area contributed by atoms with Crippen LogP contribution in [-0.4, -0.2) is 33.2 Å². The van der Waals surface area contributed by atoms with Gasteiger partial charge in [0.2, 0.25) is 0 Å². The first kappa shape index (κ1) is 23.9. The van der Waals surface area contributed by atoms with Crippen LogP contribution in [0.4, 0.5) is 0 Å². The summed E-state index contributed by atoms with van der Waals surface area (Å²) in [7, 11) is 0. The first-order chi connectivity index (χ1) is 9.31. The van der Waals surface area contributed by atoms with E-state index >= 15 is 0 Å². The van der Waals surface area contributed by atoms with E-state index in [1.54, 1.807) is 0 Å². The molecular formula is C14H17CuO6. The fourth-order valence-corrected chi connectivity index (χ4v) is 0.856. The van der Waals surface area contributed by atoms with E-state index in [1.807, 2.05) is 20.3 Å². The van der Waals surface area contributed by atoms with Crippen LogP contribution >= 0.6 is 0 Å². The molecule has 6 nitrogen and oxygen atoms in total. The minimum absolute atomic E-state index is 0. The Morgan fingerprint density at radius 2 is 1.24 bits per heavy atom. The molecule has 7 heteroatoms. The van der Waals surface area contributed by atoms with E-state index in [0.717, 1.165) is 6.08 Å². The number of aromatic carboxylic acids is 2. The van der Waals surface area contributed by atoms with Crippen molar-refractivity contribution < 1.29 is 46.8 Å². The Hall–Kier alpha value is -2.11. The van der Waals surface area contributed by atoms with E-state index in [9.17, 15) is 14.4 Å². The molecule has 120 valence electrons. The topological polar surface area (TPSA) is 112 Å². The molecule has 1 aromatic rings. The third kappa shape index (κ3) is 12.7. The zero-order valence-corrected chi connectivity index (χ0v) is 12.5. The van der Waals surface area contributed by atoms with Crippen molar-refractivity contribution >= 4 is 17.9 Å². The SMILES string of the molecule is C=CC(=O)O.C[CH-]C.O=C(O)c1ccccc1C(=O)O.[Cu+]. The second kappa shape index (κ2) is 14.3. The average molecular weight is 345 g/mol. The average Bonchev–Trinajstić information content (AvgIpc) is 2.40. The quantitative estimate of drug-likeness (QED) is 0.441. The summed E-state index contributed by atoms with van der Waals surface area (Å²) in [6.07, 6.45) is 2.83. The normalized spacial score (nSPS) is 7.71. The third-order valence-electron chi connectivity index (χ3n) is 1.56. The van der Waals surface area contributed by atoms with Gasteiger partial charge in [-0.3, -0.25) is 0 Å².